The first-order valence-corrected chi connectivity index (χ1v) is 9.32. The molecule has 2 aromatic carbocycles. The van der Waals surface area contributed by atoms with Gasteiger partial charge in [-0.25, -0.2) is 9.59 Å². The van der Waals surface area contributed by atoms with Crippen LogP contribution in [-0.4, -0.2) is 35.5 Å². The number of ether oxygens (including phenoxy) is 2. The number of halogens is 1. The first-order chi connectivity index (χ1) is 13.8. The van der Waals surface area contributed by atoms with Crippen LogP contribution in [0.2, 0.25) is 0 Å². The van der Waals surface area contributed by atoms with Gasteiger partial charge < -0.3 is 19.7 Å². The van der Waals surface area contributed by atoms with Crippen LogP contribution in [0, 0.1) is 14.9 Å². The largest absolute Gasteiger partial charge is 0.508 e. The summed E-state index contributed by atoms with van der Waals surface area (Å²) >= 11 is 2.04. The summed E-state index contributed by atoms with van der Waals surface area (Å²) in [6.07, 6.45) is -0.843. The van der Waals surface area contributed by atoms with Gasteiger partial charge in [-0.3, -0.25) is 5.32 Å². The molecule has 0 aliphatic carbocycles. The number of rotatable bonds is 7. The Hall–Kier alpha value is -3.10. The molecule has 0 heterocycles. The second kappa shape index (κ2) is 10.4. The summed E-state index contributed by atoms with van der Waals surface area (Å²) in [4.78, 5) is 23.3. The fourth-order valence-corrected chi connectivity index (χ4v) is 2.95. The van der Waals surface area contributed by atoms with Gasteiger partial charge in [-0.15, -0.1) is 0 Å². The molecule has 0 radical (unpaired) electrons. The molecule has 0 saturated heterocycles. The summed E-state index contributed by atoms with van der Waals surface area (Å²) in [6.45, 7) is 0. The minimum atomic E-state index is -1.19. The lowest BCUT2D eigenvalue weighted by atomic mass is 10.0. The van der Waals surface area contributed by atoms with Gasteiger partial charge in [0.25, 0.3) is 0 Å². The van der Waals surface area contributed by atoms with Crippen LogP contribution >= 0.6 is 22.6 Å². The quantitative estimate of drug-likeness (QED) is 0.383. The van der Waals surface area contributed by atoms with E-state index < -0.39 is 24.3 Å². The van der Waals surface area contributed by atoms with Crippen molar-refractivity contribution in [2.45, 2.75) is 12.2 Å². The molecule has 2 rings (SSSR count). The highest BCUT2D eigenvalue weighted by Crippen LogP contribution is 2.33. The molecule has 0 spiro atoms. The number of phenolic OH excluding ortho intramolecular Hbond substituents is 1. The fraction of sp³-hybridized carbons (Fsp3) is 0.150. The van der Waals surface area contributed by atoms with Crippen molar-refractivity contribution in [2.75, 3.05) is 12.4 Å². The predicted molar refractivity (Wildman–Crippen MR) is 112 cm³/mol. The maximum Gasteiger partial charge on any atom is 0.412 e. The Morgan fingerprint density at radius 3 is 2.52 bits per heavy atom. The van der Waals surface area contributed by atoms with Gasteiger partial charge >= 0.3 is 12.1 Å². The van der Waals surface area contributed by atoms with Crippen LogP contribution in [0.15, 0.2) is 54.6 Å². The lowest BCUT2D eigenvalue weighted by molar-refractivity contribution is -0.131. The number of hydrogen-bond donors (Lipinski definition) is 3. The van der Waals surface area contributed by atoms with Crippen molar-refractivity contribution in [3.05, 3.63) is 69.3 Å². The first kappa shape index (κ1) is 22.2. The zero-order valence-corrected chi connectivity index (χ0v) is 17.4. The molecule has 150 valence electrons. The number of carbonyl (C=O) groups is 2. The summed E-state index contributed by atoms with van der Waals surface area (Å²) in [7, 11) is 1.33. The highest BCUT2D eigenvalue weighted by Gasteiger charge is 2.28. The number of carboxylic acids is 1. The van der Waals surface area contributed by atoms with Crippen molar-refractivity contribution in [3.8, 4) is 11.8 Å². The third kappa shape index (κ3) is 6.48. The van der Waals surface area contributed by atoms with E-state index in [0.29, 0.717) is 11.3 Å². The molecule has 2 atom stereocenters. The Kier molecular flexibility index (Phi) is 7.99. The minimum absolute atomic E-state index is 0.132. The molecule has 0 saturated carbocycles. The standard InChI is InChI=1S/C20H17IN2O6/c1-28-17(8-9-18(25)26)19(15-10-13(21)4-7-16(15)24)29-20(27)23-14-5-2-12(11-22)3-6-14/h2-10,17,19,24H,1H3,(H,23,27)(H,25,26)/b9-8+/t17-,19-/m1/s1. The number of amides is 1. The molecular formula is C20H17IN2O6. The maximum atomic E-state index is 12.4. The van der Waals surface area contributed by atoms with Crippen LogP contribution in [-0.2, 0) is 14.3 Å². The summed E-state index contributed by atoms with van der Waals surface area (Å²) < 4.78 is 11.5. The number of carboxylic acid groups (broad SMARTS) is 1. The Labute approximate surface area is 180 Å². The van der Waals surface area contributed by atoms with E-state index in [1.165, 1.54) is 43.5 Å². The van der Waals surface area contributed by atoms with Crippen LogP contribution in [0.25, 0.3) is 0 Å². The van der Waals surface area contributed by atoms with Crippen LogP contribution in [0.3, 0.4) is 0 Å². The topological polar surface area (TPSA) is 129 Å². The average molecular weight is 508 g/mol. The highest BCUT2D eigenvalue weighted by atomic mass is 127. The molecule has 0 aliphatic heterocycles. The molecule has 2 aromatic rings. The van der Waals surface area contributed by atoms with Crippen molar-refractivity contribution < 1.29 is 29.3 Å². The number of benzene rings is 2. The van der Waals surface area contributed by atoms with Crippen molar-refractivity contribution in [2.24, 2.45) is 0 Å². The number of methoxy groups -OCH3 is 1. The van der Waals surface area contributed by atoms with E-state index in [2.05, 4.69) is 5.32 Å². The number of carbonyl (C=O) groups excluding carboxylic acids is 1. The lowest BCUT2D eigenvalue weighted by Crippen LogP contribution is -2.27. The molecule has 9 heteroatoms. The third-order valence-corrected chi connectivity index (χ3v) is 4.46. The summed E-state index contributed by atoms with van der Waals surface area (Å²) in [5.41, 5.74) is 1.09. The van der Waals surface area contributed by atoms with Crippen LogP contribution in [0.1, 0.15) is 17.2 Å². The van der Waals surface area contributed by atoms with Crippen molar-refractivity contribution >= 4 is 40.3 Å². The van der Waals surface area contributed by atoms with Gasteiger partial charge in [0.2, 0.25) is 0 Å². The smallest absolute Gasteiger partial charge is 0.412 e. The summed E-state index contributed by atoms with van der Waals surface area (Å²) in [6, 6.07) is 12.8. The van der Waals surface area contributed by atoms with Gasteiger partial charge in [0.05, 0.1) is 11.6 Å². The Bertz CT molecular complexity index is 952. The van der Waals surface area contributed by atoms with Crippen molar-refractivity contribution in [1.29, 1.82) is 5.26 Å². The number of phenols is 1. The number of hydrogen-bond acceptors (Lipinski definition) is 6. The molecule has 3 N–H and O–H groups in total. The van der Waals surface area contributed by atoms with Gasteiger partial charge in [0.15, 0.2) is 6.10 Å². The van der Waals surface area contributed by atoms with E-state index in [-0.39, 0.29) is 11.3 Å². The second-order valence-electron chi connectivity index (χ2n) is 5.74. The maximum absolute atomic E-state index is 12.4. The third-order valence-electron chi connectivity index (χ3n) is 3.79. The van der Waals surface area contributed by atoms with Gasteiger partial charge in [-0.05, 0) is 71.1 Å². The number of nitrogens with zero attached hydrogens (tertiary/aromatic N) is 1. The van der Waals surface area contributed by atoms with E-state index in [9.17, 15) is 14.7 Å². The molecule has 1 amide bonds. The number of aromatic hydroxyl groups is 1. The number of anilines is 1. The molecule has 8 nitrogen and oxygen atoms in total. The summed E-state index contributed by atoms with van der Waals surface area (Å²) in [5, 5.41) is 30.5. The van der Waals surface area contributed by atoms with Crippen molar-refractivity contribution in [1.82, 2.24) is 0 Å². The average Bonchev–Trinajstić information content (AvgIpc) is 2.69. The van der Waals surface area contributed by atoms with Crippen molar-refractivity contribution in [3.63, 3.8) is 0 Å². The zero-order valence-electron chi connectivity index (χ0n) is 15.2. The van der Waals surface area contributed by atoms with Gasteiger partial charge in [0, 0.05) is 28.0 Å². The number of nitriles is 1. The zero-order chi connectivity index (χ0) is 21.4. The minimum Gasteiger partial charge on any atom is -0.508 e. The molecule has 0 fully saturated rings. The lowest BCUT2D eigenvalue weighted by Gasteiger charge is -2.25. The van der Waals surface area contributed by atoms with E-state index in [4.69, 9.17) is 19.8 Å². The molecule has 0 aliphatic rings. The molecular weight excluding hydrogens is 491 g/mol. The molecule has 0 aromatic heterocycles. The number of nitrogens with one attached hydrogen (secondary N) is 1. The predicted octanol–water partition coefficient (Wildman–Crippen LogP) is 3.81. The Balaban J connectivity index is 2.30. The van der Waals surface area contributed by atoms with E-state index in [0.717, 1.165) is 9.65 Å². The van der Waals surface area contributed by atoms with Crippen LogP contribution in [0.4, 0.5) is 10.5 Å². The van der Waals surface area contributed by atoms with E-state index in [1.807, 2.05) is 28.7 Å². The van der Waals surface area contributed by atoms with E-state index >= 15 is 0 Å². The Morgan fingerprint density at radius 2 is 1.93 bits per heavy atom. The SMILES string of the molecule is CO[C@H](/C=C/C(=O)O)[C@H](OC(=O)Nc1ccc(C#N)cc1)c1cc(I)ccc1O. The summed E-state index contributed by atoms with van der Waals surface area (Å²) in [5.74, 6) is -1.33. The monoisotopic (exact) mass is 508 g/mol. The number of aliphatic carboxylic acids is 1. The van der Waals surface area contributed by atoms with Crippen LogP contribution < -0.4 is 5.32 Å². The van der Waals surface area contributed by atoms with Gasteiger partial charge in [0.1, 0.15) is 11.9 Å². The molecule has 0 bridgehead atoms. The normalized spacial score (nSPS) is 12.7. The Morgan fingerprint density at radius 1 is 1.24 bits per heavy atom. The van der Waals surface area contributed by atoms with E-state index in [1.54, 1.807) is 12.1 Å². The fourth-order valence-electron chi connectivity index (χ4n) is 2.43. The molecule has 0 unspecified atom stereocenters. The van der Waals surface area contributed by atoms with Gasteiger partial charge in [-0.2, -0.15) is 5.26 Å². The van der Waals surface area contributed by atoms with Gasteiger partial charge in [-0.1, -0.05) is 0 Å². The van der Waals surface area contributed by atoms with Crippen LogP contribution in [0.5, 0.6) is 5.75 Å². The second-order valence-corrected chi connectivity index (χ2v) is 6.99. The molecule has 29 heavy (non-hydrogen) atoms. The first-order valence-electron chi connectivity index (χ1n) is 8.24. The highest BCUT2D eigenvalue weighted by molar-refractivity contribution is 14.1.